The first-order chi connectivity index (χ1) is 5.70. The van der Waals surface area contributed by atoms with E-state index >= 15 is 0 Å². The molecule has 3 heteroatoms. The van der Waals surface area contributed by atoms with Crippen molar-refractivity contribution in [3.8, 4) is 11.5 Å². The van der Waals surface area contributed by atoms with Crippen molar-refractivity contribution in [1.29, 1.82) is 0 Å². The predicted molar refractivity (Wildman–Crippen MR) is 43.0 cm³/mol. The highest BCUT2D eigenvalue weighted by Crippen LogP contribution is 2.35. The van der Waals surface area contributed by atoms with Crippen molar-refractivity contribution in [3.63, 3.8) is 0 Å². The van der Waals surface area contributed by atoms with Crippen molar-refractivity contribution in [2.75, 3.05) is 0 Å². The van der Waals surface area contributed by atoms with Gasteiger partial charge in [-0.05, 0) is 18.1 Å². The molecule has 1 aromatic carbocycles. The quantitative estimate of drug-likeness (QED) is 0.613. The van der Waals surface area contributed by atoms with Gasteiger partial charge in [0.05, 0.1) is 13.2 Å². The van der Waals surface area contributed by atoms with Crippen LogP contribution >= 0.6 is 0 Å². The summed E-state index contributed by atoms with van der Waals surface area (Å²) in [5.41, 5.74) is 2.54. The van der Waals surface area contributed by atoms with E-state index in [1.54, 1.807) is 0 Å². The second-order valence-corrected chi connectivity index (χ2v) is 2.99. The van der Waals surface area contributed by atoms with Crippen molar-refractivity contribution >= 4 is 0 Å². The minimum Gasteiger partial charge on any atom is -0.508 e. The average molecular weight is 166 g/mol. The van der Waals surface area contributed by atoms with E-state index in [2.05, 4.69) is 0 Å². The Hall–Kier alpha value is -1.22. The van der Waals surface area contributed by atoms with Crippen LogP contribution in [0.2, 0.25) is 0 Å². The van der Waals surface area contributed by atoms with Gasteiger partial charge < -0.3 is 14.9 Å². The van der Waals surface area contributed by atoms with Crippen LogP contribution in [0.3, 0.4) is 0 Å². The molecule has 2 N–H and O–H groups in total. The molecule has 0 aromatic heterocycles. The number of phenolic OH excluding ortho intramolecular Hbond substituents is 2. The zero-order valence-electron chi connectivity index (χ0n) is 6.79. The Morgan fingerprint density at radius 1 is 1.17 bits per heavy atom. The predicted octanol–water partition coefficient (Wildman–Crippen LogP) is 1.44. The maximum Gasteiger partial charge on any atom is 0.125 e. The molecule has 1 aliphatic heterocycles. The van der Waals surface area contributed by atoms with Gasteiger partial charge in [-0.3, -0.25) is 0 Å². The molecule has 0 atom stereocenters. The summed E-state index contributed by atoms with van der Waals surface area (Å²) >= 11 is 0. The molecular weight excluding hydrogens is 156 g/mol. The SMILES string of the molecule is Cc1c(O)cc(O)c2c1COC2. The minimum absolute atomic E-state index is 0.130. The van der Waals surface area contributed by atoms with Gasteiger partial charge in [-0.15, -0.1) is 0 Å². The zero-order chi connectivity index (χ0) is 8.72. The number of hydrogen-bond donors (Lipinski definition) is 2. The summed E-state index contributed by atoms with van der Waals surface area (Å²) in [7, 11) is 0. The summed E-state index contributed by atoms with van der Waals surface area (Å²) < 4.78 is 5.16. The van der Waals surface area contributed by atoms with Crippen LogP contribution in [0.4, 0.5) is 0 Å². The van der Waals surface area contributed by atoms with E-state index in [0.29, 0.717) is 13.2 Å². The Morgan fingerprint density at radius 2 is 1.83 bits per heavy atom. The number of hydrogen-bond acceptors (Lipinski definition) is 3. The molecule has 0 amide bonds. The number of fused-ring (bicyclic) bond motifs is 1. The molecule has 0 spiro atoms. The average Bonchev–Trinajstić information content (AvgIpc) is 2.48. The van der Waals surface area contributed by atoms with Crippen LogP contribution in [-0.4, -0.2) is 10.2 Å². The van der Waals surface area contributed by atoms with Crippen LogP contribution in [0.25, 0.3) is 0 Å². The first-order valence-corrected chi connectivity index (χ1v) is 3.81. The largest absolute Gasteiger partial charge is 0.508 e. The lowest BCUT2D eigenvalue weighted by Crippen LogP contribution is -1.88. The number of benzene rings is 1. The molecular formula is C9H10O3. The second-order valence-electron chi connectivity index (χ2n) is 2.99. The minimum atomic E-state index is 0.130. The summed E-state index contributed by atoms with van der Waals surface area (Å²) in [5, 5.41) is 18.7. The van der Waals surface area contributed by atoms with Crippen LogP contribution in [0.15, 0.2) is 6.07 Å². The van der Waals surface area contributed by atoms with Crippen molar-refractivity contribution in [2.24, 2.45) is 0 Å². The van der Waals surface area contributed by atoms with Gasteiger partial charge in [0.25, 0.3) is 0 Å². The monoisotopic (exact) mass is 166 g/mol. The van der Waals surface area contributed by atoms with Gasteiger partial charge in [0.2, 0.25) is 0 Å². The van der Waals surface area contributed by atoms with Gasteiger partial charge in [0.1, 0.15) is 11.5 Å². The Morgan fingerprint density at radius 3 is 2.58 bits per heavy atom. The lowest BCUT2D eigenvalue weighted by Gasteiger charge is -2.06. The first kappa shape index (κ1) is 7.43. The standard InChI is InChI=1S/C9H10O3/c1-5-6-3-12-4-7(6)9(11)2-8(5)10/h2,10-11H,3-4H2,1H3. The molecule has 0 saturated carbocycles. The third-order valence-electron chi connectivity index (χ3n) is 2.28. The lowest BCUT2D eigenvalue weighted by molar-refractivity contribution is 0.133. The Labute approximate surface area is 70.2 Å². The lowest BCUT2D eigenvalue weighted by atomic mass is 10.0. The smallest absolute Gasteiger partial charge is 0.125 e. The summed E-state index contributed by atoms with van der Waals surface area (Å²) in [6.07, 6.45) is 0. The normalized spacial score (nSPS) is 14.8. The van der Waals surface area contributed by atoms with E-state index in [-0.39, 0.29) is 11.5 Å². The molecule has 0 radical (unpaired) electrons. The highest BCUT2D eigenvalue weighted by atomic mass is 16.5. The maximum absolute atomic E-state index is 9.40. The van der Waals surface area contributed by atoms with E-state index in [9.17, 15) is 10.2 Å². The van der Waals surface area contributed by atoms with Crippen LogP contribution in [0.5, 0.6) is 11.5 Å². The van der Waals surface area contributed by atoms with Crippen molar-refractivity contribution < 1.29 is 14.9 Å². The van der Waals surface area contributed by atoms with E-state index < -0.39 is 0 Å². The van der Waals surface area contributed by atoms with E-state index in [4.69, 9.17) is 4.74 Å². The number of aromatic hydroxyl groups is 2. The van der Waals surface area contributed by atoms with Crippen LogP contribution in [0, 0.1) is 6.92 Å². The number of phenols is 2. The summed E-state index contributed by atoms with van der Waals surface area (Å²) in [5.74, 6) is 0.266. The fourth-order valence-electron chi connectivity index (χ4n) is 1.47. The number of ether oxygens (including phenoxy) is 1. The van der Waals surface area contributed by atoms with Crippen molar-refractivity contribution in [2.45, 2.75) is 20.1 Å². The van der Waals surface area contributed by atoms with Crippen LogP contribution in [-0.2, 0) is 18.0 Å². The van der Waals surface area contributed by atoms with Gasteiger partial charge in [0.15, 0.2) is 0 Å². The molecule has 1 aliphatic rings. The number of rotatable bonds is 0. The van der Waals surface area contributed by atoms with Gasteiger partial charge in [-0.2, -0.15) is 0 Å². The molecule has 0 unspecified atom stereocenters. The molecule has 0 saturated heterocycles. The summed E-state index contributed by atoms with van der Waals surface area (Å²) in [6.45, 7) is 2.76. The van der Waals surface area contributed by atoms with Gasteiger partial charge >= 0.3 is 0 Å². The van der Waals surface area contributed by atoms with Gasteiger partial charge in [0, 0.05) is 11.6 Å². The first-order valence-electron chi connectivity index (χ1n) is 3.81. The molecule has 0 fully saturated rings. The Kier molecular flexibility index (Phi) is 1.48. The highest BCUT2D eigenvalue weighted by molar-refractivity contribution is 5.51. The third kappa shape index (κ3) is 0.865. The molecule has 64 valence electrons. The molecule has 2 rings (SSSR count). The van der Waals surface area contributed by atoms with Crippen molar-refractivity contribution in [3.05, 3.63) is 22.8 Å². The topological polar surface area (TPSA) is 49.7 Å². The third-order valence-corrected chi connectivity index (χ3v) is 2.28. The fraction of sp³-hybridized carbons (Fsp3) is 0.333. The Balaban J connectivity index is 2.69. The van der Waals surface area contributed by atoms with Crippen molar-refractivity contribution in [1.82, 2.24) is 0 Å². The molecule has 0 aliphatic carbocycles. The molecule has 1 heterocycles. The zero-order valence-corrected chi connectivity index (χ0v) is 6.79. The highest BCUT2D eigenvalue weighted by Gasteiger charge is 2.19. The maximum atomic E-state index is 9.40. The van der Waals surface area contributed by atoms with E-state index in [0.717, 1.165) is 16.7 Å². The van der Waals surface area contributed by atoms with Crippen LogP contribution in [0.1, 0.15) is 16.7 Å². The molecule has 12 heavy (non-hydrogen) atoms. The van der Waals surface area contributed by atoms with E-state index in [1.807, 2.05) is 6.92 Å². The molecule has 3 nitrogen and oxygen atoms in total. The van der Waals surface area contributed by atoms with Crippen LogP contribution < -0.4 is 0 Å². The molecule has 0 bridgehead atoms. The second kappa shape index (κ2) is 2.38. The summed E-state index contributed by atoms with van der Waals surface area (Å²) in [6, 6.07) is 1.36. The van der Waals surface area contributed by atoms with Gasteiger partial charge in [-0.25, -0.2) is 0 Å². The van der Waals surface area contributed by atoms with E-state index in [1.165, 1.54) is 6.07 Å². The van der Waals surface area contributed by atoms with Gasteiger partial charge in [-0.1, -0.05) is 0 Å². The Bertz CT molecular complexity index is 331. The summed E-state index contributed by atoms with van der Waals surface area (Å²) in [4.78, 5) is 0. The molecule has 1 aromatic rings. The fourth-order valence-corrected chi connectivity index (χ4v) is 1.47.